The van der Waals surface area contributed by atoms with Crippen LogP contribution in [0.3, 0.4) is 0 Å². The number of likely N-dealkylation sites (N-methyl/N-ethyl adjacent to an activating group) is 1. The molecule has 0 spiro atoms. The summed E-state index contributed by atoms with van der Waals surface area (Å²) in [6.07, 6.45) is 2.38. The van der Waals surface area contributed by atoms with E-state index in [0.29, 0.717) is 6.42 Å². The summed E-state index contributed by atoms with van der Waals surface area (Å²) in [7, 11) is 2.08. The van der Waals surface area contributed by atoms with Gasteiger partial charge in [-0.1, -0.05) is 6.92 Å². The summed E-state index contributed by atoms with van der Waals surface area (Å²) >= 11 is 0. The van der Waals surface area contributed by atoms with Crippen LogP contribution in [0.2, 0.25) is 0 Å². The fraction of sp³-hybridized carbons (Fsp3) is 0.867. The summed E-state index contributed by atoms with van der Waals surface area (Å²) < 4.78 is 0. The predicted molar refractivity (Wildman–Crippen MR) is 82.4 cm³/mol. The fourth-order valence-electron chi connectivity index (χ4n) is 2.70. The highest BCUT2D eigenvalue weighted by molar-refractivity contribution is 5.75. The van der Waals surface area contributed by atoms with E-state index >= 15 is 0 Å². The summed E-state index contributed by atoms with van der Waals surface area (Å²) in [5, 5.41) is 11.8. The SMILES string of the molecule is CCC1CN(C)CCCN1C(=O)NC(C)(C)CCC(=O)O. The molecule has 2 amide bonds. The average Bonchev–Trinajstić information content (AvgIpc) is 2.57. The molecular formula is C15H29N3O3. The molecule has 1 aliphatic rings. The molecular weight excluding hydrogens is 270 g/mol. The first-order valence-corrected chi connectivity index (χ1v) is 7.74. The Kier molecular flexibility index (Phi) is 6.45. The molecule has 122 valence electrons. The van der Waals surface area contributed by atoms with Gasteiger partial charge in [0.05, 0.1) is 0 Å². The van der Waals surface area contributed by atoms with Crippen LogP contribution in [0, 0.1) is 0 Å². The highest BCUT2D eigenvalue weighted by Gasteiger charge is 2.29. The number of carboxylic acid groups (broad SMARTS) is 1. The van der Waals surface area contributed by atoms with Crippen LogP contribution >= 0.6 is 0 Å². The molecule has 6 nitrogen and oxygen atoms in total. The summed E-state index contributed by atoms with van der Waals surface area (Å²) in [4.78, 5) is 27.4. The number of nitrogens with one attached hydrogen (secondary N) is 1. The Morgan fingerprint density at radius 3 is 2.57 bits per heavy atom. The van der Waals surface area contributed by atoms with Gasteiger partial charge in [0.25, 0.3) is 0 Å². The lowest BCUT2D eigenvalue weighted by Crippen LogP contribution is -2.54. The molecule has 0 aliphatic carbocycles. The van der Waals surface area contributed by atoms with Crippen molar-refractivity contribution >= 4 is 12.0 Å². The summed E-state index contributed by atoms with van der Waals surface area (Å²) in [5.74, 6) is -0.833. The average molecular weight is 299 g/mol. The van der Waals surface area contributed by atoms with Gasteiger partial charge >= 0.3 is 12.0 Å². The highest BCUT2D eigenvalue weighted by atomic mass is 16.4. The minimum atomic E-state index is -0.833. The monoisotopic (exact) mass is 299 g/mol. The highest BCUT2D eigenvalue weighted by Crippen LogP contribution is 2.16. The molecule has 1 rings (SSSR count). The Balaban J connectivity index is 2.65. The number of hydrogen-bond donors (Lipinski definition) is 2. The maximum Gasteiger partial charge on any atom is 0.318 e. The second-order valence-electron chi connectivity index (χ2n) is 6.58. The zero-order valence-electron chi connectivity index (χ0n) is 13.7. The van der Waals surface area contributed by atoms with Crippen molar-refractivity contribution in [3.63, 3.8) is 0 Å². The smallest absolute Gasteiger partial charge is 0.318 e. The topological polar surface area (TPSA) is 72.9 Å². The van der Waals surface area contributed by atoms with Crippen LogP contribution in [0.15, 0.2) is 0 Å². The molecule has 1 fully saturated rings. The lowest BCUT2D eigenvalue weighted by atomic mass is 9.98. The molecule has 6 heteroatoms. The predicted octanol–water partition coefficient (Wildman–Crippen LogP) is 1.76. The molecule has 1 heterocycles. The third-order valence-corrected chi connectivity index (χ3v) is 4.04. The van der Waals surface area contributed by atoms with E-state index in [2.05, 4.69) is 24.2 Å². The molecule has 1 saturated heterocycles. The lowest BCUT2D eigenvalue weighted by molar-refractivity contribution is -0.137. The van der Waals surface area contributed by atoms with E-state index in [1.54, 1.807) is 0 Å². The van der Waals surface area contributed by atoms with Gasteiger partial charge in [0, 0.05) is 31.1 Å². The largest absolute Gasteiger partial charge is 0.481 e. The zero-order valence-corrected chi connectivity index (χ0v) is 13.7. The first-order valence-electron chi connectivity index (χ1n) is 7.74. The Morgan fingerprint density at radius 1 is 1.33 bits per heavy atom. The molecule has 1 aliphatic heterocycles. The summed E-state index contributed by atoms with van der Waals surface area (Å²) in [6, 6.07) is 0.139. The molecule has 21 heavy (non-hydrogen) atoms. The van der Waals surface area contributed by atoms with Gasteiger partial charge in [-0.15, -0.1) is 0 Å². The minimum Gasteiger partial charge on any atom is -0.481 e. The van der Waals surface area contributed by atoms with E-state index in [1.165, 1.54) is 0 Å². The van der Waals surface area contributed by atoms with Gasteiger partial charge in [-0.3, -0.25) is 4.79 Å². The Bertz CT molecular complexity index is 371. The number of carbonyl (C=O) groups is 2. The van der Waals surface area contributed by atoms with Crippen LogP contribution in [-0.4, -0.2) is 65.2 Å². The van der Waals surface area contributed by atoms with Crippen molar-refractivity contribution in [1.82, 2.24) is 15.1 Å². The maximum absolute atomic E-state index is 12.5. The number of aliphatic carboxylic acids is 1. The Hall–Kier alpha value is -1.30. The van der Waals surface area contributed by atoms with Gasteiger partial charge in [0.15, 0.2) is 0 Å². The number of nitrogens with zero attached hydrogens (tertiary/aromatic N) is 2. The van der Waals surface area contributed by atoms with Crippen molar-refractivity contribution in [1.29, 1.82) is 0 Å². The van der Waals surface area contributed by atoms with E-state index < -0.39 is 11.5 Å². The third kappa shape index (κ3) is 5.91. The molecule has 1 atom stereocenters. The van der Waals surface area contributed by atoms with Gasteiger partial charge in [-0.25, -0.2) is 4.79 Å². The van der Waals surface area contributed by atoms with Gasteiger partial charge in [-0.2, -0.15) is 0 Å². The van der Waals surface area contributed by atoms with Crippen molar-refractivity contribution in [2.45, 2.75) is 58.0 Å². The molecule has 0 saturated carbocycles. The van der Waals surface area contributed by atoms with Crippen LogP contribution < -0.4 is 5.32 Å². The Labute approximate surface area is 127 Å². The van der Waals surface area contributed by atoms with Crippen LogP contribution in [0.5, 0.6) is 0 Å². The van der Waals surface area contributed by atoms with Crippen LogP contribution in [0.25, 0.3) is 0 Å². The van der Waals surface area contributed by atoms with Crippen molar-refractivity contribution in [2.24, 2.45) is 0 Å². The number of urea groups is 1. The number of carboxylic acids is 1. The van der Waals surface area contributed by atoms with Crippen molar-refractivity contribution in [3.05, 3.63) is 0 Å². The van der Waals surface area contributed by atoms with Crippen LogP contribution in [0.1, 0.15) is 46.5 Å². The van der Waals surface area contributed by atoms with E-state index in [4.69, 9.17) is 5.11 Å². The third-order valence-electron chi connectivity index (χ3n) is 4.04. The normalized spacial score (nSPS) is 21.0. The maximum atomic E-state index is 12.5. The van der Waals surface area contributed by atoms with Crippen LogP contribution in [-0.2, 0) is 4.79 Å². The van der Waals surface area contributed by atoms with Crippen LogP contribution in [0.4, 0.5) is 4.79 Å². The van der Waals surface area contributed by atoms with Crippen molar-refractivity contribution < 1.29 is 14.7 Å². The molecule has 0 aromatic heterocycles. The first kappa shape index (κ1) is 17.8. The standard InChI is InChI=1S/C15H29N3O3/c1-5-12-11-17(4)9-6-10-18(12)14(21)16-15(2,3)8-7-13(19)20/h12H,5-11H2,1-4H3,(H,16,21)(H,19,20). The molecule has 2 N–H and O–H groups in total. The molecule has 1 unspecified atom stereocenters. The van der Waals surface area contributed by atoms with E-state index in [1.807, 2.05) is 18.7 Å². The summed E-state index contributed by atoms with van der Waals surface area (Å²) in [6.45, 7) is 8.49. The first-order chi connectivity index (χ1) is 9.75. The minimum absolute atomic E-state index is 0.0627. The number of rotatable bonds is 5. The zero-order chi connectivity index (χ0) is 16.0. The van der Waals surface area contributed by atoms with Gasteiger partial charge in [0.1, 0.15) is 0 Å². The van der Waals surface area contributed by atoms with E-state index in [-0.39, 0.29) is 18.5 Å². The van der Waals surface area contributed by atoms with E-state index in [0.717, 1.165) is 32.5 Å². The quantitative estimate of drug-likeness (QED) is 0.811. The number of carbonyl (C=O) groups excluding carboxylic acids is 1. The van der Waals surface area contributed by atoms with Gasteiger partial charge in [-0.05, 0) is 46.7 Å². The summed E-state index contributed by atoms with van der Waals surface area (Å²) in [5.41, 5.74) is -0.508. The van der Waals surface area contributed by atoms with E-state index in [9.17, 15) is 9.59 Å². The molecule has 0 radical (unpaired) electrons. The van der Waals surface area contributed by atoms with Crippen molar-refractivity contribution in [2.75, 3.05) is 26.7 Å². The lowest BCUT2D eigenvalue weighted by Gasteiger charge is -2.34. The molecule has 0 bridgehead atoms. The number of hydrogen-bond acceptors (Lipinski definition) is 3. The second-order valence-corrected chi connectivity index (χ2v) is 6.58. The number of amides is 2. The molecule has 0 aromatic carbocycles. The second kappa shape index (κ2) is 7.64. The fourth-order valence-corrected chi connectivity index (χ4v) is 2.70. The molecule has 0 aromatic rings. The van der Waals surface area contributed by atoms with Gasteiger partial charge in [0.2, 0.25) is 0 Å². The van der Waals surface area contributed by atoms with Gasteiger partial charge < -0.3 is 20.2 Å². The van der Waals surface area contributed by atoms with Crippen molar-refractivity contribution in [3.8, 4) is 0 Å². The Morgan fingerprint density at radius 2 is 2.00 bits per heavy atom.